The molecule has 0 amide bonds. The molecule has 0 atom stereocenters. The van der Waals surface area contributed by atoms with Crippen molar-refractivity contribution in [2.75, 3.05) is 0 Å². The van der Waals surface area contributed by atoms with Gasteiger partial charge >= 0.3 is 0 Å². The molecule has 0 N–H and O–H groups in total. The fourth-order valence-electron chi connectivity index (χ4n) is 2.72. The first-order valence-corrected chi connectivity index (χ1v) is 8.02. The summed E-state index contributed by atoms with van der Waals surface area (Å²) in [5.74, 6) is 0. The molecular formula is C14H25FNSi+. The lowest BCUT2D eigenvalue weighted by Crippen LogP contribution is -2.58. The number of aromatic nitrogens is 1. The molecule has 0 radical (unpaired) electrons. The summed E-state index contributed by atoms with van der Waals surface area (Å²) in [5, 5.41) is 0.298. The second-order valence-electron chi connectivity index (χ2n) is 6.91. The van der Waals surface area contributed by atoms with Gasteiger partial charge in [0.2, 0.25) is 0 Å². The summed E-state index contributed by atoms with van der Waals surface area (Å²) >= 11 is 0. The van der Waals surface area contributed by atoms with Gasteiger partial charge in [0.05, 0.1) is 0 Å². The molecule has 0 saturated carbocycles. The van der Waals surface area contributed by atoms with Gasteiger partial charge in [0.15, 0.2) is 12.4 Å². The Morgan fingerprint density at radius 3 is 1.59 bits per heavy atom. The van der Waals surface area contributed by atoms with Gasteiger partial charge in [0, 0.05) is 12.1 Å². The molecule has 17 heavy (non-hydrogen) atoms. The molecule has 1 rings (SSSR count). The minimum absolute atomic E-state index is 0.300. The van der Waals surface area contributed by atoms with Crippen LogP contribution in [0.5, 0.6) is 0 Å². The van der Waals surface area contributed by atoms with Crippen molar-refractivity contribution >= 4 is 13.6 Å². The zero-order chi connectivity index (χ0) is 13.5. The van der Waals surface area contributed by atoms with E-state index in [1.54, 1.807) is 0 Å². The maximum atomic E-state index is 15.8. The van der Waals surface area contributed by atoms with E-state index in [0.717, 1.165) is 5.19 Å². The number of hydrogen-bond acceptors (Lipinski definition) is 0. The van der Waals surface area contributed by atoms with E-state index < -0.39 is 8.41 Å². The van der Waals surface area contributed by atoms with E-state index in [-0.39, 0.29) is 10.1 Å². The minimum atomic E-state index is -3.06. The molecule has 0 spiro atoms. The van der Waals surface area contributed by atoms with Crippen LogP contribution in [-0.4, -0.2) is 8.41 Å². The third kappa shape index (κ3) is 2.44. The van der Waals surface area contributed by atoms with Crippen LogP contribution in [0.25, 0.3) is 0 Å². The highest BCUT2D eigenvalue weighted by Crippen LogP contribution is 2.51. The summed E-state index contributed by atoms with van der Waals surface area (Å²) in [6.45, 7) is 12.2. The Balaban J connectivity index is 3.41. The third-order valence-electron chi connectivity index (χ3n) is 3.44. The van der Waals surface area contributed by atoms with E-state index in [2.05, 4.69) is 0 Å². The standard InChI is InChI=1S/C14H25FNSi/c1-13(2,3)17(15,14(4,5)6)12-8-10-16(7)11-9-12/h8-11H,1-7H3/q+1. The van der Waals surface area contributed by atoms with E-state index in [1.165, 1.54) is 0 Å². The Labute approximate surface area is 106 Å². The van der Waals surface area contributed by atoms with Crippen LogP contribution >= 0.6 is 0 Å². The third-order valence-corrected chi connectivity index (χ3v) is 8.71. The van der Waals surface area contributed by atoms with Crippen LogP contribution in [-0.2, 0) is 7.05 Å². The van der Waals surface area contributed by atoms with Crippen molar-refractivity contribution in [2.24, 2.45) is 7.05 Å². The number of rotatable bonds is 1. The van der Waals surface area contributed by atoms with Crippen LogP contribution in [0.4, 0.5) is 4.11 Å². The predicted molar refractivity (Wildman–Crippen MR) is 73.5 cm³/mol. The molecule has 0 bridgehead atoms. The zero-order valence-corrected chi connectivity index (χ0v) is 13.1. The Hall–Kier alpha value is -0.703. The quantitative estimate of drug-likeness (QED) is 0.411. The van der Waals surface area contributed by atoms with Crippen LogP contribution in [0.2, 0.25) is 10.1 Å². The molecule has 1 aromatic rings. The Kier molecular flexibility index (Phi) is 3.54. The number of aryl methyl sites for hydroxylation is 1. The van der Waals surface area contributed by atoms with Crippen molar-refractivity contribution in [1.29, 1.82) is 0 Å². The smallest absolute Gasteiger partial charge is 0.288 e. The maximum absolute atomic E-state index is 15.8. The lowest BCUT2D eigenvalue weighted by atomic mass is 10.2. The van der Waals surface area contributed by atoms with Gasteiger partial charge in [0.25, 0.3) is 8.41 Å². The van der Waals surface area contributed by atoms with Crippen molar-refractivity contribution in [2.45, 2.75) is 51.6 Å². The first-order chi connectivity index (χ1) is 7.50. The largest absolute Gasteiger partial charge is 0.307 e. The summed E-state index contributed by atoms with van der Waals surface area (Å²) < 4.78 is 17.7. The van der Waals surface area contributed by atoms with Crippen LogP contribution < -0.4 is 9.75 Å². The van der Waals surface area contributed by atoms with E-state index in [1.807, 2.05) is 77.7 Å². The first-order valence-electron chi connectivity index (χ1n) is 6.15. The summed E-state index contributed by atoms with van der Waals surface area (Å²) in [7, 11) is -1.11. The van der Waals surface area contributed by atoms with Gasteiger partial charge in [-0.2, -0.15) is 0 Å². The van der Waals surface area contributed by atoms with Crippen molar-refractivity contribution in [1.82, 2.24) is 0 Å². The van der Waals surface area contributed by atoms with Gasteiger partial charge in [-0.05, 0) is 15.3 Å². The van der Waals surface area contributed by atoms with Crippen molar-refractivity contribution in [3.63, 3.8) is 0 Å². The van der Waals surface area contributed by atoms with Crippen molar-refractivity contribution in [3.8, 4) is 0 Å². The monoisotopic (exact) mass is 254 g/mol. The fraction of sp³-hybridized carbons (Fsp3) is 0.643. The topological polar surface area (TPSA) is 3.88 Å². The number of hydrogen-bond donors (Lipinski definition) is 0. The predicted octanol–water partition coefficient (Wildman–Crippen LogP) is 3.23. The summed E-state index contributed by atoms with van der Waals surface area (Å²) in [4.78, 5) is 0. The summed E-state index contributed by atoms with van der Waals surface area (Å²) in [6, 6.07) is 3.89. The Morgan fingerprint density at radius 2 is 1.29 bits per heavy atom. The molecule has 0 aliphatic rings. The zero-order valence-electron chi connectivity index (χ0n) is 12.1. The van der Waals surface area contributed by atoms with Gasteiger partial charge in [-0.25, -0.2) is 4.57 Å². The average Bonchev–Trinajstić information content (AvgIpc) is 2.14. The summed E-state index contributed by atoms with van der Waals surface area (Å²) in [6.07, 6.45) is 3.88. The molecule has 1 heterocycles. The average molecular weight is 254 g/mol. The van der Waals surface area contributed by atoms with Crippen LogP contribution in [0.3, 0.4) is 0 Å². The molecule has 0 unspecified atom stereocenters. The molecule has 0 aliphatic heterocycles. The second-order valence-corrected chi connectivity index (χ2v) is 11.8. The highest BCUT2D eigenvalue weighted by atomic mass is 28.4. The Bertz CT molecular complexity index is 370. The van der Waals surface area contributed by atoms with Gasteiger partial charge < -0.3 is 4.11 Å². The number of pyridine rings is 1. The molecule has 0 aliphatic carbocycles. The van der Waals surface area contributed by atoms with E-state index in [9.17, 15) is 0 Å². The lowest BCUT2D eigenvalue weighted by molar-refractivity contribution is -0.671. The van der Waals surface area contributed by atoms with Crippen LogP contribution in [0.15, 0.2) is 24.5 Å². The van der Waals surface area contributed by atoms with Gasteiger partial charge in [-0.15, -0.1) is 0 Å². The first kappa shape index (κ1) is 14.4. The molecule has 1 nitrogen and oxygen atoms in total. The maximum Gasteiger partial charge on any atom is 0.288 e. The van der Waals surface area contributed by atoms with Crippen LogP contribution in [0, 0.1) is 0 Å². The van der Waals surface area contributed by atoms with E-state index >= 15 is 4.11 Å². The van der Waals surface area contributed by atoms with Crippen molar-refractivity contribution in [3.05, 3.63) is 24.5 Å². The van der Waals surface area contributed by atoms with Crippen molar-refractivity contribution < 1.29 is 8.67 Å². The van der Waals surface area contributed by atoms with E-state index in [0.29, 0.717) is 0 Å². The van der Waals surface area contributed by atoms with E-state index in [4.69, 9.17) is 0 Å². The molecule has 96 valence electrons. The molecule has 0 aromatic carbocycles. The summed E-state index contributed by atoms with van der Waals surface area (Å²) in [5.41, 5.74) is 0. The Morgan fingerprint density at radius 1 is 0.941 bits per heavy atom. The molecule has 3 heteroatoms. The number of nitrogens with zero attached hydrogens (tertiary/aromatic N) is 1. The molecule has 0 fully saturated rings. The SMILES string of the molecule is C[n+]1ccc([Si](F)(C(C)(C)C)C(C)(C)C)cc1. The highest BCUT2D eigenvalue weighted by Gasteiger charge is 2.56. The minimum Gasteiger partial charge on any atom is -0.307 e. The van der Waals surface area contributed by atoms with Crippen LogP contribution in [0.1, 0.15) is 41.5 Å². The lowest BCUT2D eigenvalue weighted by Gasteiger charge is -2.44. The highest BCUT2D eigenvalue weighted by molar-refractivity contribution is 6.90. The molecule has 1 aromatic heterocycles. The second kappa shape index (κ2) is 4.20. The number of halogens is 1. The molecule has 0 saturated heterocycles. The van der Waals surface area contributed by atoms with Gasteiger partial charge in [-0.3, -0.25) is 0 Å². The van der Waals surface area contributed by atoms with Gasteiger partial charge in [0.1, 0.15) is 7.05 Å². The fourth-order valence-corrected chi connectivity index (χ4v) is 7.31. The molecular weight excluding hydrogens is 229 g/mol. The normalized spacial score (nSPS) is 13.9. The van der Waals surface area contributed by atoms with Gasteiger partial charge in [-0.1, -0.05) is 41.5 Å².